The van der Waals surface area contributed by atoms with Gasteiger partial charge in [-0.3, -0.25) is 0 Å². The lowest BCUT2D eigenvalue weighted by Crippen LogP contribution is -2.03. The van der Waals surface area contributed by atoms with Gasteiger partial charge in [-0.2, -0.15) is 0 Å². The summed E-state index contributed by atoms with van der Waals surface area (Å²) in [5.41, 5.74) is 0. The maximum absolute atomic E-state index is 2.37. The van der Waals surface area contributed by atoms with Crippen molar-refractivity contribution in [2.45, 2.75) is 143 Å². The van der Waals surface area contributed by atoms with Crippen LogP contribution in [0.25, 0.3) is 0 Å². The van der Waals surface area contributed by atoms with E-state index in [2.05, 4.69) is 27.7 Å². The smallest absolute Gasteiger partial charge is 0.0414 e. The topological polar surface area (TPSA) is 0 Å². The molecule has 0 aliphatic rings. The minimum atomic E-state index is 1.03. The molecule has 0 rings (SSSR count). The van der Waals surface area contributed by atoms with Crippen LogP contribution in [0.15, 0.2) is 0 Å². The molecule has 0 aromatic heterocycles. The average Bonchev–Trinajstić information content (AvgIpc) is 2.59. The maximum Gasteiger partial charge on any atom is -0.0414 e. The van der Waals surface area contributed by atoms with E-state index in [0.717, 1.165) is 11.8 Å². The molecule has 0 saturated carbocycles. The molecule has 2 atom stereocenters. The van der Waals surface area contributed by atoms with Crippen LogP contribution in [-0.4, -0.2) is 0 Å². The summed E-state index contributed by atoms with van der Waals surface area (Å²) in [5.74, 6) is 2.06. The van der Waals surface area contributed by atoms with Gasteiger partial charge in [-0.25, -0.2) is 0 Å². The Balaban J connectivity index is 3.77. The number of hydrogen-bond acceptors (Lipinski definition) is 0. The second-order valence-corrected chi connectivity index (χ2v) is 8.29. The molecule has 0 radical (unpaired) electrons. The van der Waals surface area contributed by atoms with Crippen LogP contribution >= 0.6 is 0 Å². The predicted octanol–water partition coefficient (Wildman–Crippen LogP) is 9.32. The molecular weight excluding hydrogens is 288 g/mol. The van der Waals surface area contributed by atoms with Crippen molar-refractivity contribution in [1.82, 2.24) is 0 Å². The van der Waals surface area contributed by atoms with Crippen LogP contribution in [0.5, 0.6) is 0 Å². The lowest BCUT2D eigenvalue weighted by atomic mass is 9.88. The van der Waals surface area contributed by atoms with Crippen molar-refractivity contribution >= 4 is 0 Å². The van der Waals surface area contributed by atoms with Crippen molar-refractivity contribution < 1.29 is 0 Å². The zero-order chi connectivity index (χ0) is 17.9. The Hall–Kier alpha value is 0. The fourth-order valence-corrected chi connectivity index (χ4v) is 4.25. The van der Waals surface area contributed by atoms with Gasteiger partial charge in [-0.15, -0.1) is 0 Å². The Morgan fingerprint density at radius 3 is 1.17 bits per heavy atom. The highest BCUT2D eigenvalue weighted by molar-refractivity contribution is 4.63. The standard InChI is InChI=1S/C24H50/c1-5-9-11-12-13-14-20-24(18-8-4)22-16-15-21-23(17-7-3)19-10-6-2/h23-24H,5-22H2,1-4H3. The fraction of sp³-hybridized carbons (Fsp3) is 1.00. The van der Waals surface area contributed by atoms with Gasteiger partial charge in [0.25, 0.3) is 0 Å². The van der Waals surface area contributed by atoms with E-state index in [-0.39, 0.29) is 0 Å². The molecule has 2 unspecified atom stereocenters. The lowest BCUT2D eigenvalue weighted by Gasteiger charge is -2.18. The summed E-state index contributed by atoms with van der Waals surface area (Å²) in [6.07, 6.45) is 26.2. The largest absolute Gasteiger partial charge is 0.0654 e. The van der Waals surface area contributed by atoms with Crippen molar-refractivity contribution in [2.24, 2.45) is 11.8 Å². The summed E-state index contributed by atoms with van der Waals surface area (Å²) in [7, 11) is 0. The molecule has 0 aliphatic heterocycles. The number of unbranched alkanes of at least 4 members (excludes halogenated alkanes) is 7. The Morgan fingerprint density at radius 1 is 0.333 bits per heavy atom. The highest BCUT2D eigenvalue weighted by Crippen LogP contribution is 2.25. The SMILES string of the molecule is CCCCCCCCC(CCC)CCCCC(CCC)CCCC. The molecule has 0 aliphatic carbocycles. The molecule has 0 aromatic rings. The molecular formula is C24H50. The van der Waals surface area contributed by atoms with E-state index in [0.29, 0.717) is 0 Å². The van der Waals surface area contributed by atoms with Gasteiger partial charge < -0.3 is 0 Å². The zero-order valence-corrected chi connectivity index (χ0v) is 17.9. The van der Waals surface area contributed by atoms with Crippen LogP contribution in [-0.2, 0) is 0 Å². The van der Waals surface area contributed by atoms with Crippen molar-refractivity contribution in [3.8, 4) is 0 Å². The van der Waals surface area contributed by atoms with Gasteiger partial charge in [0.15, 0.2) is 0 Å². The van der Waals surface area contributed by atoms with Gasteiger partial charge >= 0.3 is 0 Å². The minimum absolute atomic E-state index is 1.03. The fourth-order valence-electron chi connectivity index (χ4n) is 4.25. The van der Waals surface area contributed by atoms with E-state index in [1.807, 2.05) is 0 Å². The van der Waals surface area contributed by atoms with E-state index in [4.69, 9.17) is 0 Å². The Kier molecular flexibility index (Phi) is 19.3. The molecule has 0 N–H and O–H groups in total. The third-order valence-electron chi connectivity index (χ3n) is 5.80. The van der Waals surface area contributed by atoms with Gasteiger partial charge in [0, 0.05) is 0 Å². The molecule has 0 bridgehead atoms. The second kappa shape index (κ2) is 19.3. The van der Waals surface area contributed by atoms with Crippen LogP contribution in [0.4, 0.5) is 0 Å². The molecule has 0 saturated heterocycles. The summed E-state index contributed by atoms with van der Waals surface area (Å²) < 4.78 is 0. The van der Waals surface area contributed by atoms with Gasteiger partial charge in [0.05, 0.1) is 0 Å². The number of hydrogen-bond donors (Lipinski definition) is 0. The van der Waals surface area contributed by atoms with Crippen molar-refractivity contribution in [3.05, 3.63) is 0 Å². The van der Waals surface area contributed by atoms with Crippen LogP contribution in [0, 0.1) is 11.8 Å². The summed E-state index contributed by atoms with van der Waals surface area (Å²) >= 11 is 0. The van der Waals surface area contributed by atoms with E-state index in [1.165, 1.54) is 116 Å². The van der Waals surface area contributed by atoms with Crippen LogP contribution in [0.3, 0.4) is 0 Å². The van der Waals surface area contributed by atoms with Crippen LogP contribution in [0.1, 0.15) is 143 Å². The Bertz CT molecular complexity index is 220. The van der Waals surface area contributed by atoms with E-state index >= 15 is 0 Å². The van der Waals surface area contributed by atoms with Gasteiger partial charge in [0.2, 0.25) is 0 Å². The van der Waals surface area contributed by atoms with Crippen molar-refractivity contribution in [2.75, 3.05) is 0 Å². The minimum Gasteiger partial charge on any atom is -0.0654 e. The first-order chi connectivity index (χ1) is 11.8. The molecule has 0 heteroatoms. The second-order valence-electron chi connectivity index (χ2n) is 8.29. The molecule has 0 heterocycles. The lowest BCUT2D eigenvalue weighted by molar-refractivity contribution is 0.350. The normalized spacial score (nSPS) is 14.0. The molecule has 0 nitrogen and oxygen atoms in total. The molecule has 0 aromatic carbocycles. The summed E-state index contributed by atoms with van der Waals surface area (Å²) in [5, 5.41) is 0. The summed E-state index contributed by atoms with van der Waals surface area (Å²) in [6, 6.07) is 0. The molecule has 0 fully saturated rings. The monoisotopic (exact) mass is 338 g/mol. The van der Waals surface area contributed by atoms with E-state index < -0.39 is 0 Å². The first-order valence-corrected chi connectivity index (χ1v) is 11.8. The predicted molar refractivity (Wildman–Crippen MR) is 113 cm³/mol. The summed E-state index contributed by atoms with van der Waals surface area (Å²) in [6.45, 7) is 9.37. The van der Waals surface area contributed by atoms with Crippen LogP contribution in [0.2, 0.25) is 0 Å². The van der Waals surface area contributed by atoms with E-state index in [9.17, 15) is 0 Å². The average molecular weight is 339 g/mol. The Labute approximate surface area is 155 Å². The van der Waals surface area contributed by atoms with Gasteiger partial charge in [-0.1, -0.05) is 143 Å². The van der Waals surface area contributed by atoms with Crippen molar-refractivity contribution in [3.63, 3.8) is 0 Å². The third kappa shape index (κ3) is 15.5. The molecule has 0 spiro atoms. The highest BCUT2D eigenvalue weighted by Gasteiger charge is 2.10. The van der Waals surface area contributed by atoms with Crippen LogP contribution < -0.4 is 0 Å². The Morgan fingerprint density at radius 2 is 0.708 bits per heavy atom. The highest BCUT2D eigenvalue weighted by atomic mass is 14.2. The van der Waals surface area contributed by atoms with E-state index in [1.54, 1.807) is 0 Å². The van der Waals surface area contributed by atoms with Gasteiger partial charge in [-0.05, 0) is 11.8 Å². The molecule has 146 valence electrons. The first kappa shape index (κ1) is 24.0. The van der Waals surface area contributed by atoms with Gasteiger partial charge in [0.1, 0.15) is 0 Å². The molecule has 0 amide bonds. The number of rotatable bonds is 19. The third-order valence-corrected chi connectivity index (χ3v) is 5.80. The maximum atomic E-state index is 2.37. The summed E-state index contributed by atoms with van der Waals surface area (Å²) in [4.78, 5) is 0. The quantitative estimate of drug-likeness (QED) is 0.206. The van der Waals surface area contributed by atoms with Crippen molar-refractivity contribution in [1.29, 1.82) is 0 Å². The molecule has 24 heavy (non-hydrogen) atoms. The zero-order valence-electron chi connectivity index (χ0n) is 17.9. The first-order valence-electron chi connectivity index (χ1n) is 11.8.